The van der Waals surface area contributed by atoms with Crippen LogP contribution < -0.4 is 0 Å². The third-order valence-corrected chi connectivity index (χ3v) is 6.49. The van der Waals surface area contributed by atoms with Crippen molar-refractivity contribution in [1.82, 2.24) is 18.6 Å². The zero-order valence-electron chi connectivity index (χ0n) is 15.5. The molecule has 0 bridgehead atoms. The first-order chi connectivity index (χ1) is 12.7. The molecule has 1 N–H and O–H groups in total. The van der Waals surface area contributed by atoms with E-state index < -0.39 is 22.2 Å². The van der Waals surface area contributed by atoms with Crippen LogP contribution in [0.4, 0.5) is 0 Å². The minimum absolute atomic E-state index is 0.169. The number of rotatable bonds is 5. The quantitative estimate of drug-likeness (QED) is 0.838. The highest BCUT2D eigenvalue weighted by atomic mass is 32.2. The highest BCUT2D eigenvalue weighted by Gasteiger charge is 2.38. The first-order valence-corrected chi connectivity index (χ1v) is 9.98. The van der Waals surface area contributed by atoms with Gasteiger partial charge in [0.15, 0.2) is 0 Å². The van der Waals surface area contributed by atoms with Crippen molar-refractivity contribution in [2.45, 2.75) is 25.8 Å². The number of nitrogens with zero attached hydrogens (tertiary/aromatic N) is 4. The number of aryl methyl sites for hydroxylation is 1. The highest BCUT2D eigenvalue weighted by molar-refractivity contribution is 7.86. The van der Waals surface area contributed by atoms with E-state index in [4.69, 9.17) is 0 Å². The van der Waals surface area contributed by atoms with Gasteiger partial charge in [-0.2, -0.15) is 17.0 Å². The minimum Gasteiger partial charge on any atom is -0.478 e. The molecule has 1 saturated heterocycles. The number of benzene rings is 1. The van der Waals surface area contributed by atoms with Gasteiger partial charge in [0.1, 0.15) is 5.82 Å². The Morgan fingerprint density at radius 3 is 2.67 bits per heavy atom. The number of hydrogen-bond acceptors (Lipinski definition) is 5. The number of carboxylic acids is 1. The van der Waals surface area contributed by atoms with Crippen molar-refractivity contribution in [1.29, 1.82) is 0 Å². The zero-order chi connectivity index (χ0) is 19.8. The molecule has 0 amide bonds. The van der Waals surface area contributed by atoms with Crippen LogP contribution in [0.5, 0.6) is 0 Å². The van der Waals surface area contributed by atoms with E-state index >= 15 is 0 Å². The average molecular weight is 390 g/mol. The van der Waals surface area contributed by atoms with Crippen molar-refractivity contribution in [2.24, 2.45) is 0 Å². The largest absolute Gasteiger partial charge is 0.478 e. The Bertz CT molecular complexity index is 975. The predicted octanol–water partition coefficient (Wildman–Crippen LogP) is 2.09. The van der Waals surface area contributed by atoms with Gasteiger partial charge in [-0.05, 0) is 38.0 Å². The maximum absolute atomic E-state index is 12.6. The summed E-state index contributed by atoms with van der Waals surface area (Å²) in [6.07, 6.45) is 1.38. The molecule has 1 aromatic carbocycles. The molecule has 0 saturated carbocycles. The SMILES string of the molecule is Cc1cc(-c2cccc(C(=O)O)c2)nc([C@H]2CCCN2S(=O)(=O)N(C)C)n1. The average Bonchev–Trinajstić information content (AvgIpc) is 3.11. The summed E-state index contributed by atoms with van der Waals surface area (Å²) in [5, 5.41) is 9.20. The standard InChI is InChI=1S/C18H22N4O4S/c1-12-10-15(13-6-4-7-14(11-13)18(23)24)20-17(19-12)16-8-5-9-22(16)27(25,26)21(2)3/h4,6-7,10-11,16H,5,8-9H2,1-3H3,(H,23,24)/t16-/m1/s1. The van der Waals surface area contributed by atoms with Gasteiger partial charge in [0, 0.05) is 31.9 Å². The first kappa shape index (κ1) is 19.4. The van der Waals surface area contributed by atoms with Crippen LogP contribution in [0.2, 0.25) is 0 Å². The summed E-state index contributed by atoms with van der Waals surface area (Å²) in [6.45, 7) is 2.24. The molecule has 8 nitrogen and oxygen atoms in total. The minimum atomic E-state index is -3.57. The van der Waals surface area contributed by atoms with Gasteiger partial charge in [-0.25, -0.2) is 14.8 Å². The number of aromatic nitrogens is 2. The van der Waals surface area contributed by atoms with Crippen molar-refractivity contribution in [3.8, 4) is 11.3 Å². The third kappa shape index (κ3) is 3.85. The molecule has 1 aliphatic heterocycles. The molecule has 1 aromatic heterocycles. The van der Waals surface area contributed by atoms with E-state index in [1.165, 1.54) is 28.8 Å². The third-order valence-electron chi connectivity index (χ3n) is 4.54. The fourth-order valence-corrected chi connectivity index (χ4v) is 4.48. The highest BCUT2D eigenvalue weighted by Crippen LogP contribution is 2.34. The lowest BCUT2D eigenvalue weighted by Crippen LogP contribution is -2.40. The van der Waals surface area contributed by atoms with Crippen LogP contribution in [-0.4, -0.2) is 58.7 Å². The van der Waals surface area contributed by atoms with Crippen molar-refractivity contribution >= 4 is 16.2 Å². The van der Waals surface area contributed by atoms with Gasteiger partial charge < -0.3 is 5.11 Å². The summed E-state index contributed by atoms with van der Waals surface area (Å²) < 4.78 is 27.8. The van der Waals surface area contributed by atoms with Gasteiger partial charge in [0.2, 0.25) is 0 Å². The van der Waals surface area contributed by atoms with E-state index in [9.17, 15) is 18.3 Å². The van der Waals surface area contributed by atoms with Gasteiger partial charge in [-0.1, -0.05) is 12.1 Å². The fraction of sp³-hybridized carbons (Fsp3) is 0.389. The van der Waals surface area contributed by atoms with Crippen molar-refractivity contribution in [3.05, 3.63) is 47.4 Å². The first-order valence-electron chi connectivity index (χ1n) is 8.59. The van der Waals surface area contributed by atoms with Gasteiger partial charge in [-0.15, -0.1) is 0 Å². The fourth-order valence-electron chi connectivity index (χ4n) is 3.18. The van der Waals surface area contributed by atoms with Crippen LogP contribution in [-0.2, 0) is 10.2 Å². The van der Waals surface area contributed by atoms with E-state index in [1.54, 1.807) is 24.3 Å². The Balaban J connectivity index is 2.03. The maximum Gasteiger partial charge on any atom is 0.335 e. The summed E-state index contributed by atoms with van der Waals surface area (Å²) >= 11 is 0. The van der Waals surface area contributed by atoms with Crippen molar-refractivity contribution in [2.75, 3.05) is 20.6 Å². The zero-order valence-corrected chi connectivity index (χ0v) is 16.3. The molecule has 0 radical (unpaired) electrons. The Labute approximate surface area is 158 Å². The van der Waals surface area contributed by atoms with Crippen molar-refractivity contribution < 1.29 is 18.3 Å². The van der Waals surface area contributed by atoms with Crippen LogP contribution in [0.25, 0.3) is 11.3 Å². The lowest BCUT2D eigenvalue weighted by molar-refractivity contribution is 0.0697. The van der Waals surface area contributed by atoms with E-state index in [1.807, 2.05) is 6.92 Å². The molecule has 0 aliphatic carbocycles. The van der Waals surface area contributed by atoms with E-state index in [-0.39, 0.29) is 5.56 Å². The van der Waals surface area contributed by atoms with Crippen LogP contribution >= 0.6 is 0 Å². The number of hydrogen-bond donors (Lipinski definition) is 1. The maximum atomic E-state index is 12.6. The monoisotopic (exact) mass is 390 g/mol. The molecule has 0 unspecified atom stereocenters. The number of carboxylic acid groups (broad SMARTS) is 1. The van der Waals surface area contributed by atoms with E-state index in [0.717, 1.165) is 6.42 Å². The molecule has 2 aromatic rings. The molecular weight excluding hydrogens is 368 g/mol. The second-order valence-electron chi connectivity index (χ2n) is 6.70. The lowest BCUT2D eigenvalue weighted by atomic mass is 10.1. The summed E-state index contributed by atoms with van der Waals surface area (Å²) in [6, 6.07) is 7.85. The molecule has 144 valence electrons. The molecule has 1 atom stereocenters. The van der Waals surface area contributed by atoms with Gasteiger partial charge in [0.05, 0.1) is 17.3 Å². The Morgan fingerprint density at radius 2 is 2.00 bits per heavy atom. The van der Waals surface area contributed by atoms with E-state index in [0.29, 0.717) is 35.7 Å². The summed E-state index contributed by atoms with van der Waals surface area (Å²) in [4.78, 5) is 20.3. The van der Waals surface area contributed by atoms with Crippen LogP contribution in [0, 0.1) is 6.92 Å². The van der Waals surface area contributed by atoms with Crippen molar-refractivity contribution in [3.63, 3.8) is 0 Å². The Kier molecular flexibility index (Phi) is 5.27. The molecule has 3 rings (SSSR count). The molecular formula is C18H22N4O4S. The summed E-state index contributed by atoms with van der Waals surface area (Å²) in [7, 11) is -0.564. The normalized spacial score (nSPS) is 18.1. The molecule has 9 heteroatoms. The van der Waals surface area contributed by atoms with E-state index in [2.05, 4.69) is 9.97 Å². The summed E-state index contributed by atoms with van der Waals surface area (Å²) in [5.41, 5.74) is 2.10. The Morgan fingerprint density at radius 1 is 1.26 bits per heavy atom. The molecule has 27 heavy (non-hydrogen) atoms. The second kappa shape index (κ2) is 7.34. The van der Waals surface area contributed by atoms with Gasteiger partial charge in [-0.3, -0.25) is 0 Å². The molecule has 1 fully saturated rings. The van der Waals surface area contributed by atoms with Gasteiger partial charge in [0.25, 0.3) is 10.2 Å². The molecule has 0 spiro atoms. The summed E-state index contributed by atoms with van der Waals surface area (Å²) in [5.74, 6) is -0.574. The second-order valence-corrected chi connectivity index (χ2v) is 8.79. The number of carbonyl (C=O) groups is 1. The van der Waals surface area contributed by atoms with Crippen LogP contribution in [0.15, 0.2) is 30.3 Å². The number of aromatic carboxylic acids is 1. The van der Waals surface area contributed by atoms with Crippen LogP contribution in [0.1, 0.15) is 40.8 Å². The van der Waals surface area contributed by atoms with Crippen LogP contribution in [0.3, 0.4) is 0 Å². The predicted molar refractivity (Wildman–Crippen MR) is 100 cm³/mol. The van der Waals surface area contributed by atoms with Gasteiger partial charge >= 0.3 is 5.97 Å². The molecule has 2 heterocycles. The molecule has 1 aliphatic rings. The Hall–Kier alpha value is -2.36. The lowest BCUT2D eigenvalue weighted by Gasteiger charge is -2.26. The smallest absolute Gasteiger partial charge is 0.335 e. The topological polar surface area (TPSA) is 104 Å².